The van der Waals surface area contributed by atoms with Gasteiger partial charge in [-0.2, -0.15) is 0 Å². The van der Waals surface area contributed by atoms with E-state index in [2.05, 4.69) is 0 Å². The van der Waals surface area contributed by atoms with Crippen LogP contribution < -0.4 is 5.73 Å². The first-order chi connectivity index (χ1) is 8.40. The first-order valence-corrected chi connectivity index (χ1v) is 6.26. The molecule has 0 aliphatic carbocycles. The van der Waals surface area contributed by atoms with Crippen molar-refractivity contribution >= 4 is 17.2 Å². The number of nitrogens with zero attached hydrogens (tertiary/aromatic N) is 1. The lowest BCUT2D eigenvalue weighted by atomic mass is 10.1. The Morgan fingerprint density at radius 2 is 2.22 bits per heavy atom. The van der Waals surface area contributed by atoms with Crippen molar-refractivity contribution in [3.05, 3.63) is 35.1 Å². The number of benzene rings is 1. The molecular formula is C13H19FN2OS. The lowest BCUT2D eigenvalue weighted by Gasteiger charge is -2.19. The summed E-state index contributed by atoms with van der Waals surface area (Å²) in [4.78, 5) is 2.25. The van der Waals surface area contributed by atoms with E-state index < -0.39 is 0 Å². The molecule has 0 radical (unpaired) electrons. The third-order valence-electron chi connectivity index (χ3n) is 2.71. The van der Waals surface area contributed by atoms with Gasteiger partial charge >= 0.3 is 0 Å². The maximum Gasteiger partial charge on any atom is 0.123 e. The van der Waals surface area contributed by atoms with Crippen molar-refractivity contribution in [1.82, 2.24) is 4.90 Å². The van der Waals surface area contributed by atoms with Crippen molar-refractivity contribution in [2.75, 3.05) is 13.6 Å². The van der Waals surface area contributed by atoms with Crippen molar-refractivity contribution in [3.63, 3.8) is 0 Å². The minimum absolute atomic E-state index is 0.202. The van der Waals surface area contributed by atoms with Crippen molar-refractivity contribution in [2.24, 2.45) is 5.73 Å². The first kappa shape index (κ1) is 15.0. The van der Waals surface area contributed by atoms with Crippen LogP contribution in [0.25, 0.3) is 0 Å². The molecule has 1 rings (SSSR count). The second-order valence-corrected chi connectivity index (χ2v) is 4.98. The summed E-state index contributed by atoms with van der Waals surface area (Å²) in [5.41, 5.74) is 7.07. The molecule has 1 aromatic rings. The third kappa shape index (κ3) is 4.68. The highest BCUT2D eigenvalue weighted by atomic mass is 32.1. The average molecular weight is 270 g/mol. The molecule has 5 heteroatoms. The van der Waals surface area contributed by atoms with Gasteiger partial charge < -0.3 is 15.7 Å². The van der Waals surface area contributed by atoms with Gasteiger partial charge in [0.1, 0.15) is 10.8 Å². The highest BCUT2D eigenvalue weighted by Crippen LogP contribution is 2.13. The molecule has 0 fully saturated rings. The third-order valence-corrected chi connectivity index (χ3v) is 2.93. The van der Waals surface area contributed by atoms with Gasteiger partial charge in [-0.25, -0.2) is 4.39 Å². The molecule has 0 saturated carbocycles. The zero-order chi connectivity index (χ0) is 13.7. The lowest BCUT2D eigenvalue weighted by Crippen LogP contribution is -2.24. The molecule has 3 nitrogen and oxygen atoms in total. The van der Waals surface area contributed by atoms with Crippen LogP contribution in [0.5, 0.6) is 0 Å². The molecule has 3 N–H and O–H groups in total. The SMILES string of the molecule is CC(O)CCN(C)Cc1ccc(F)cc1C(N)=S. The van der Waals surface area contributed by atoms with Crippen LogP contribution in [0.4, 0.5) is 4.39 Å². The molecule has 0 amide bonds. The molecule has 0 spiro atoms. The van der Waals surface area contributed by atoms with Gasteiger partial charge in [0.15, 0.2) is 0 Å². The van der Waals surface area contributed by atoms with Crippen LogP contribution in [-0.2, 0) is 6.54 Å². The number of halogens is 1. The van der Waals surface area contributed by atoms with Gasteiger partial charge in [-0.1, -0.05) is 18.3 Å². The molecule has 0 aliphatic heterocycles. The number of rotatable bonds is 6. The summed E-state index contributed by atoms with van der Waals surface area (Å²) in [7, 11) is 1.94. The fraction of sp³-hybridized carbons (Fsp3) is 0.462. The molecule has 0 saturated heterocycles. The van der Waals surface area contributed by atoms with Crippen LogP contribution in [0, 0.1) is 5.82 Å². The highest BCUT2D eigenvalue weighted by Gasteiger charge is 2.09. The highest BCUT2D eigenvalue weighted by molar-refractivity contribution is 7.80. The molecule has 1 aromatic carbocycles. The largest absolute Gasteiger partial charge is 0.393 e. The summed E-state index contributed by atoms with van der Waals surface area (Å²) < 4.78 is 13.1. The van der Waals surface area contributed by atoms with E-state index in [-0.39, 0.29) is 16.9 Å². The van der Waals surface area contributed by atoms with E-state index in [0.29, 0.717) is 18.5 Å². The summed E-state index contributed by atoms with van der Waals surface area (Å²) >= 11 is 4.92. The minimum Gasteiger partial charge on any atom is -0.393 e. The Hall–Kier alpha value is -1.04. The molecule has 1 atom stereocenters. The van der Waals surface area contributed by atoms with Crippen molar-refractivity contribution in [2.45, 2.75) is 26.0 Å². The Balaban J connectivity index is 2.74. The Morgan fingerprint density at radius 3 is 2.78 bits per heavy atom. The van der Waals surface area contributed by atoms with Gasteiger partial charge in [-0.05, 0) is 38.1 Å². The molecule has 18 heavy (non-hydrogen) atoms. The van der Waals surface area contributed by atoms with E-state index in [0.717, 1.165) is 12.1 Å². The van der Waals surface area contributed by atoms with Gasteiger partial charge in [-0.15, -0.1) is 0 Å². The van der Waals surface area contributed by atoms with Crippen LogP contribution >= 0.6 is 12.2 Å². The van der Waals surface area contributed by atoms with Crippen LogP contribution in [0.1, 0.15) is 24.5 Å². The summed E-state index contributed by atoms with van der Waals surface area (Å²) in [6, 6.07) is 4.46. The quantitative estimate of drug-likeness (QED) is 0.772. The normalized spacial score (nSPS) is 12.7. The van der Waals surface area contributed by atoms with Gasteiger partial charge in [0.25, 0.3) is 0 Å². The summed E-state index contributed by atoms with van der Waals surface area (Å²) in [6.45, 7) is 3.14. The molecule has 0 aliphatic rings. The van der Waals surface area contributed by atoms with E-state index in [4.69, 9.17) is 18.0 Å². The predicted octanol–water partition coefficient (Wildman–Crippen LogP) is 1.66. The van der Waals surface area contributed by atoms with E-state index >= 15 is 0 Å². The monoisotopic (exact) mass is 270 g/mol. The first-order valence-electron chi connectivity index (χ1n) is 5.85. The molecular weight excluding hydrogens is 251 g/mol. The van der Waals surface area contributed by atoms with E-state index in [1.807, 2.05) is 11.9 Å². The standard InChI is InChI=1S/C13H19FN2OS/c1-9(17)5-6-16(2)8-10-3-4-11(14)7-12(10)13(15)18/h3-4,7,9,17H,5-6,8H2,1-2H3,(H2,15,18). The Morgan fingerprint density at radius 1 is 1.56 bits per heavy atom. The fourth-order valence-electron chi connectivity index (χ4n) is 1.69. The maximum absolute atomic E-state index is 13.1. The van der Waals surface area contributed by atoms with Crippen LogP contribution in [0.3, 0.4) is 0 Å². The minimum atomic E-state index is -0.340. The fourth-order valence-corrected chi connectivity index (χ4v) is 1.88. The zero-order valence-corrected chi connectivity index (χ0v) is 11.5. The van der Waals surface area contributed by atoms with Crippen LogP contribution in [-0.4, -0.2) is 34.7 Å². The van der Waals surface area contributed by atoms with Crippen molar-refractivity contribution in [1.29, 1.82) is 0 Å². The molecule has 100 valence electrons. The predicted molar refractivity (Wildman–Crippen MR) is 74.9 cm³/mol. The lowest BCUT2D eigenvalue weighted by molar-refractivity contribution is 0.163. The van der Waals surface area contributed by atoms with E-state index in [1.165, 1.54) is 12.1 Å². The number of nitrogens with two attached hydrogens (primary N) is 1. The summed E-state index contributed by atoms with van der Waals surface area (Å²) in [5, 5.41) is 9.23. The number of thiocarbonyl (C=S) groups is 1. The van der Waals surface area contributed by atoms with E-state index in [1.54, 1.807) is 13.0 Å². The molecule has 1 unspecified atom stereocenters. The second-order valence-electron chi connectivity index (χ2n) is 4.54. The van der Waals surface area contributed by atoms with Crippen LogP contribution in [0.15, 0.2) is 18.2 Å². The topological polar surface area (TPSA) is 49.5 Å². The zero-order valence-electron chi connectivity index (χ0n) is 10.7. The van der Waals surface area contributed by atoms with Gasteiger partial charge in [0.2, 0.25) is 0 Å². The van der Waals surface area contributed by atoms with E-state index in [9.17, 15) is 9.50 Å². The molecule has 0 heterocycles. The Labute approximate surface area is 112 Å². The smallest absolute Gasteiger partial charge is 0.123 e. The summed E-state index contributed by atoms with van der Waals surface area (Å²) in [5.74, 6) is -0.340. The average Bonchev–Trinajstić information content (AvgIpc) is 2.28. The number of aliphatic hydroxyl groups is 1. The molecule has 0 aromatic heterocycles. The molecule has 0 bridgehead atoms. The maximum atomic E-state index is 13.1. The number of hydrogen-bond donors (Lipinski definition) is 2. The Kier molecular flexibility index (Phi) is 5.65. The second kappa shape index (κ2) is 6.78. The van der Waals surface area contributed by atoms with Crippen molar-refractivity contribution < 1.29 is 9.50 Å². The summed E-state index contributed by atoms with van der Waals surface area (Å²) in [6.07, 6.45) is 0.371. The van der Waals surface area contributed by atoms with Gasteiger partial charge in [0.05, 0.1) is 6.10 Å². The van der Waals surface area contributed by atoms with Gasteiger partial charge in [-0.3, -0.25) is 0 Å². The van der Waals surface area contributed by atoms with Crippen LogP contribution in [0.2, 0.25) is 0 Å². The number of hydrogen-bond acceptors (Lipinski definition) is 3. The Bertz CT molecular complexity index is 423. The van der Waals surface area contributed by atoms with Crippen molar-refractivity contribution in [3.8, 4) is 0 Å². The number of aliphatic hydroxyl groups excluding tert-OH is 1. The van der Waals surface area contributed by atoms with Gasteiger partial charge in [0, 0.05) is 18.7 Å².